The third-order valence-electron chi connectivity index (χ3n) is 4.81. The lowest BCUT2D eigenvalue weighted by Gasteiger charge is -2.57. The highest BCUT2D eigenvalue weighted by molar-refractivity contribution is 7.11. The largest absolute Gasteiger partial charge is 0.378 e. The van der Waals surface area contributed by atoms with E-state index in [1.165, 1.54) is 4.88 Å². The first kappa shape index (κ1) is 23.6. The highest BCUT2D eigenvalue weighted by Crippen LogP contribution is 2.49. The minimum atomic E-state index is -0.843. The summed E-state index contributed by atoms with van der Waals surface area (Å²) >= 11 is 1.70. The zero-order valence-corrected chi connectivity index (χ0v) is 17.2. The van der Waals surface area contributed by atoms with E-state index in [9.17, 15) is 4.79 Å². The van der Waals surface area contributed by atoms with Crippen molar-refractivity contribution in [3.63, 3.8) is 0 Å². The molecule has 140 valence electrons. The van der Waals surface area contributed by atoms with Crippen LogP contribution in [0.5, 0.6) is 0 Å². The second kappa shape index (κ2) is 9.34. The van der Waals surface area contributed by atoms with Crippen molar-refractivity contribution in [1.82, 2.24) is 10.3 Å². The molecule has 2 rings (SSSR count). The van der Waals surface area contributed by atoms with Crippen LogP contribution in [0.4, 0.5) is 0 Å². The second-order valence-corrected chi connectivity index (χ2v) is 7.62. The molecule has 3 N–H and O–H groups in total. The number of aromatic nitrogens is 1. The lowest BCUT2D eigenvalue weighted by Crippen LogP contribution is -2.75. The van der Waals surface area contributed by atoms with Gasteiger partial charge in [0.15, 0.2) is 0 Å². The summed E-state index contributed by atoms with van der Waals surface area (Å²) in [5.41, 5.74) is 5.16. The first-order valence-electron chi connectivity index (χ1n) is 7.97. The fourth-order valence-electron chi connectivity index (χ4n) is 2.89. The molecule has 1 heterocycles. The molecule has 5 nitrogen and oxygen atoms in total. The van der Waals surface area contributed by atoms with E-state index in [-0.39, 0.29) is 42.2 Å². The predicted molar refractivity (Wildman–Crippen MR) is 103 cm³/mol. The number of nitrogens with one attached hydrogen (secondary N) is 1. The Balaban J connectivity index is 0.00000264. The van der Waals surface area contributed by atoms with Gasteiger partial charge in [-0.25, -0.2) is 4.98 Å². The zero-order chi connectivity index (χ0) is 16.4. The Bertz CT molecular complexity index is 539. The monoisotopic (exact) mass is 397 g/mol. The molecule has 0 bridgehead atoms. The normalized spacial score (nSPS) is 24.3. The molecule has 0 aliphatic heterocycles. The van der Waals surface area contributed by atoms with Gasteiger partial charge < -0.3 is 15.8 Å². The summed E-state index contributed by atoms with van der Waals surface area (Å²) in [5, 5.41) is 4.02. The van der Waals surface area contributed by atoms with Crippen LogP contribution in [-0.4, -0.2) is 35.7 Å². The molecule has 1 aromatic rings. The number of carbonyl (C=O) groups is 1. The van der Waals surface area contributed by atoms with Crippen molar-refractivity contribution in [2.75, 3.05) is 13.2 Å². The van der Waals surface area contributed by atoms with Crippen molar-refractivity contribution < 1.29 is 9.53 Å². The molecule has 8 heteroatoms. The summed E-state index contributed by atoms with van der Waals surface area (Å²) < 4.78 is 5.66. The Morgan fingerprint density at radius 3 is 2.62 bits per heavy atom. The Hall–Kier alpha value is -0.400. The summed E-state index contributed by atoms with van der Waals surface area (Å²) in [6, 6.07) is 0. The molecule has 1 saturated carbocycles. The molecule has 0 saturated heterocycles. The Morgan fingerprint density at radius 1 is 1.46 bits per heavy atom. The number of nitrogens with zero attached hydrogens (tertiary/aromatic N) is 1. The molecule has 1 aliphatic carbocycles. The molecule has 24 heavy (non-hydrogen) atoms. The Morgan fingerprint density at radius 2 is 2.12 bits per heavy atom. The lowest BCUT2D eigenvalue weighted by atomic mass is 9.54. The van der Waals surface area contributed by atoms with Crippen molar-refractivity contribution in [2.24, 2.45) is 11.1 Å². The summed E-state index contributed by atoms with van der Waals surface area (Å²) in [6.45, 7) is 9.31. The van der Waals surface area contributed by atoms with Crippen molar-refractivity contribution in [3.8, 4) is 0 Å². The van der Waals surface area contributed by atoms with E-state index in [4.69, 9.17) is 10.5 Å². The lowest BCUT2D eigenvalue weighted by molar-refractivity contribution is -0.170. The van der Waals surface area contributed by atoms with E-state index in [0.717, 1.165) is 17.8 Å². The van der Waals surface area contributed by atoms with Gasteiger partial charge in [-0.2, -0.15) is 0 Å². The highest BCUT2D eigenvalue weighted by Gasteiger charge is 2.62. The SMILES string of the molecule is CCOC1CC(N)(C(=O)NCCc2ncc(CC)s2)C1(C)C.Cl.Cl. The smallest absolute Gasteiger partial charge is 0.240 e. The maximum absolute atomic E-state index is 12.5. The maximum atomic E-state index is 12.5. The fourth-order valence-corrected chi connectivity index (χ4v) is 3.75. The zero-order valence-electron chi connectivity index (χ0n) is 14.8. The van der Waals surface area contributed by atoms with Crippen LogP contribution in [-0.2, 0) is 22.4 Å². The van der Waals surface area contributed by atoms with E-state index in [1.54, 1.807) is 11.3 Å². The second-order valence-electron chi connectivity index (χ2n) is 6.42. The molecule has 1 aliphatic rings. The van der Waals surface area contributed by atoms with E-state index >= 15 is 0 Å². The van der Waals surface area contributed by atoms with Crippen LogP contribution in [0.25, 0.3) is 0 Å². The van der Waals surface area contributed by atoms with Gasteiger partial charge in [0.25, 0.3) is 0 Å². The number of amides is 1. The van der Waals surface area contributed by atoms with Crippen LogP contribution >= 0.6 is 36.2 Å². The van der Waals surface area contributed by atoms with Crippen molar-refractivity contribution in [2.45, 2.75) is 58.6 Å². The van der Waals surface area contributed by atoms with Crippen molar-refractivity contribution in [3.05, 3.63) is 16.1 Å². The number of hydrogen-bond donors (Lipinski definition) is 2. The quantitative estimate of drug-likeness (QED) is 0.741. The average Bonchev–Trinajstić information content (AvgIpc) is 2.94. The minimum Gasteiger partial charge on any atom is -0.378 e. The summed E-state index contributed by atoms with van der Waals surface area (Å²) in [5.74, 6) is -0.0827. The molecule has 1 fully saturated rings. The summed E-state index contributed by atoms with van der Waals surface area (Å²) in [6.07, 6.45) is 4.30. The van der Waals surface area contributed by atoms with Crippen LogP contribution < -0.4 is 11.1 Å². The van der Waals surface area contributed by atoms with Gasteiger partial charge in [-0.15, -0.1) is 36.2 Å². The molecule has 1 amide bonds. The van der Waals surface area contributed by atoms with Crippen LogP contribution in [0.15, 0.2) is 6.20 Å². The van der Waals surface area contributed by atoms with E-state index in [2.05, 4.69) is 17.2 Å². The van der Waals surface area contributed by atoms with E-state index in [1.807, 2.05) is 27.0 Å². The van der Waals surface area contributed by atoms with Gasteiger partial charge in [0.1, 0.15) is 5.54 Å². The summed E-state index contributed by atoms with van der Waals surface area (Å²) in [4.78, 5) is 18.1. The number of ether oxygens (including phenoxy) is 1. The van der Waals surface area contributed by atoms with Gasteiger partial charge in [0.05, 0.1) is 11.1 Å². The molecule has 2 unspecified atom stereocenters. The van der Waals surface area contributed by atoms with Gasteiger partial charge in [0.2, 0.25) is 5.91 Å². The third-order valence-corrected chi connectivity index (χ3v) is 6.01. The van der Waals surface area contributed by atoms with Crippen LogP contribution in [0.3, 0.4) is 0 Å². The van der Waals surface area contributed by atoms with Gasteiger partial charge in [-0.3, -0.25) is 4.79 Å². The Labute approximate surface area is 161 Å². The summed E-state index contributed by atoms with van der Waals surface area (Å²) in [7, 11) is 0. The number of aryl methyl sites for hydroxylation is 1. The van der Waals surface area contributed by atoms with Gasteiger partial charge in [-0.05, 0) is 13.3 Å². The number of rotatable bonds is 7. The first-order valence-corrected chi connectivity index (χ1v) is 8.79. The van der Waals surface area contributed by atoms with Crippen LogP contribution in [0, 0.1) is 5.41 Å². The topological polar surface area (TPSA) is 77.2 Å². The predicted octanol–water partition coefficient (Wildman–Crippen LogP) is 2.74. The molecule has 0 aromatic carbocycles. The maximum Gasteiger partial charge on any atom is 0.240 e. The molecular weight excluding hydrogens is 369 g/mol. The highest BCUT2D eigenvalue weighted by atomic mass is 35.5. The number of carbonyl (C=O) groups excluding carboxylic acids is 1. The molecule has 0 radical (unpaired) electrons. The first-order chi connectivity index (χ1) is 10.3. The fraction of sp³-hybridized carbons (Fsp3) is 0.750. The average molecular weight is 398 g/mol. The Kier molecular flexibility index (Phi) is 9.18. The minimum absolute atomic E-state index is 0. The third kappa shape index (κ3) is 4.41. The van der Waals surface area contributed by atoms with Crippen LogP contribution in [0.1, 0.15) is 44.0 Å². The molecule has 1 aromatic heterocycles. The van der Waals surface area contributed by atoms with E-state index < -0.39 is 5.54 Å². The number of nitrogens with two attached hydrogens (primary N) is 1. The number of halogens is 2. The van der Waals surface area contributed by atoms with Gasteiger partial charge >= 0.3 is 0 Å². The van der Waals surface area contributed by atoms with E-state index in [0.29, 0.717) is 19.6 Å². The molecule has 0 spiro atoms. The molecule has 2 atom stereocenters. The molecular formula is C16H29Cl2N3O2S. The van der Waals surface area contributed by atoms with Crippen LogP contribution in [0.2, 0.25) is 0 Å². The number of hydrogen-bond acceptors (Lipinski definition) is 5. The van der Waals surface area contributed by atoms with Gasteiger partial charge in [-0.1, -0.05) is 20.8 Å². The van der Waals surface area contributed by atoms with Gasteiger partial charge in [0, 0.05) is 42.5 Å². The standard InChI is InChI=1S/C16H27N3O2S.2ClH/c1-5-11-10-19-13(22-11)7-8-18-14(20)16(17)9-12(21-6-2)15(16,3)4;;/h10,12H,5-9,17H2,1-4H3,(H,18,20);2*1H. The number of thiazole rings is 1. The van der Waals surface area contributed by atoms with Crippen molar-refractivity contribution in [1.29, 1.82) is 0 Å². The van der Waals surface area contributed by atoms with Crippen molar-refractivity contribution >= 4 is 42.1 Å².